The van der Waals surface area contributed by atoms with Crippen molar-refractivity contribution in [2.45, 2.75) is 38.4 Å². The van der Waals surface area contributed by atoms with Crippen LogP contribution in [0.25, 0.3) is 0 Å². The molecule has 2 aromatic carbocycles. The minimum Gasteiger partial charge on any atom is -0.497 e. The van der Waals surface area contributed by atoms with E-state index in [0.717, 1.165) is 25.3 Å². The molecule has 1 N–H and O–H groups in total. The van der Waals surface area contributed by atoms with E-state index in [4.69, 9.17) is 4.74 Å². The predicted octanol–water partition coefficient (Wildman–Crippen LogP) is 4.53. The van der Waals surface area contributed by atoms with Gasteiger partial charge in [-0.05, 0) is 42.5 Å². The van der Waals surface area contributed by atoms with Crippen molar-refractivity contribution in [3.05, 3.63) is 83.2 Å². The number of hydrogen-bond donors (Lipinski definition) is 1. The number of ether oxygens (including phenoxy) is 1. The van der Waals surface area contributed by atoms with Gasteiger partial charge < -0.3 is 10.1 Å². The number of rotatable bonds is 6. The highest BCUT2D eigenvalue weighted by Gasteiger charge is 2.23. The zero-order valence-corrected chi connectivity index (χ0v) is 16.4. The average molecular weight is 384 g/mol. The second kappa shape index (κ2) is 9.07. The molecule has 4 nitrogen and oxygen atoms in total. The summed E-state index contributed by atoms with van der Waals surface area (Å²) in [5.74, 6) is 0.899. The van der Waals surface area contributed by atoms with Gasteiger partial charge in [0.2, 0.25) is 0 Å². The lowest BCUT2D eigenvalue weighted by Crippen LogP contribution is -2.25. The van der Waals surface area contributed by atoms with Gasteiger partial charge in [0.05, 0.1) is 19.9 Å². The van der Waals surface area contributed by atoms with Crippen molar-refractivity contribution >= 4 is 12.4 Å². The maximum atomic E-state index is 5.23. The van der Waals surface area contributed by atoms with Gasteiger partial charge in [0.25, 0.3) is 0 Å². The van der Waals surface area contributed by atoms with Crippen molar-refractivity contribution < 1.29 is 4.74 Å². The summed E-state index contributed by atoms with van der Waals surface area (Å²) in [4.78, 5) is 0. The Bertz CT molecular complexity index is 846. The smallest absolute Gasteiger partial charge is 0.118 e. The third kappa shape index (κ3) is 4.52. The van der Waals surface area contributed by atoms with Crippen LogP contribution in [0.1, 0.15) is 41.3 Å². The predicted molar refractivity (Wildman–Crippen MR) is 111 cm³/mol. The van der Waals surface area contributed by atoms with E-state index in [9.17, 15) is 0 Å². The van der Waals surface area contributed by atoms with Crippen LogP contribution in [0.4, 0.5) is 0 Å². The average Bonchev–Trinajstić information content (AvgIpc) is 3.11. The van der Waals surface area contributed by atoms with E-state index in [2.05, 4.69) is 63.8 Å². The second-order valence-electron chi connectivity index (χ2n) is 6.86. The topological polar surface area (TPSA) is 39.1 Å². The molecule has 0 bridgehead atoms. The zero-order valence-electron chi connectivity index (χ0n) is 15.6. The molecule has 0 saturated heterocycles. The molecule has 1 aromatic heterocycles. The minimum atomic E-state index is 0. The maximum Gasteiger partial charge on any atom is 0.118 e. The zero-order chi connectivity index (χ0) is 17.8. The van der Waals surface area contributed by atoms with Crippen molar-refractivity contribution in [2.75, 3.05) is 7.11 Å². The number of nitrogens with zero attached hydrogens (tertiary/aromatic N) is 2. The molecule has 1 atom stereocenters. The summed E-state index contributed by atoms with van der Waals surface area (Å²) < 4.78 is 7.40. The molecule has 0 radical (unpaired) electrons. The van der Waals surface area contributed by atoms with Crippen molar-refractivity contribution in [1.82, 2.24) is 15.1 Å². The van der Waals surface area contributed by atoms with Gasteiger partial charge in [-0.2, -0.15) is 5.10 Å². The molecule has 0 fully saturated rings. The number of hydrogen-bond acceptors (Lipinski definition) is 3. The Morgan fingerprint density at radius 1 is 1.07 bits per heavy atom. The van der Waals surface area contributed by atoms with Crippen LogP contribution in [-0.4, -0.2) is 16.9 Å². The molecule has 1 heterocycles. The van der Waals surface area contributed by atoms with Crippen LogP contribution in [0.2, 0.25) is 0 Å². The van der Waals surface area contributed by atoms with Gasteiger partial charge in [-0.3, -0.25) is 4.68 Å². The van der Waals surface area contributed by atoms with Crippen LogP contribution >= 0.6 is 12.4 Å². The van der Waals surface area contributed by atoms with Crippen LogP contribution in [-0.2, 0) is 19.5 Å². The first kappa shape index (κ1) is 19.5. The van der Waals surface area contributed by atoms with E-state index >= 15 is 0 Å². The Balaban J connectivity index is 0.00000210. The fourth-order valence-electron chi connectivity index (χ4n) is 3.71. The molecule has 1 unspecified atom stereocenters. The lowest BCUT2D eigenvalue weighted by molar-refractivity contribution is 0.414. The highest BCUT2D eigenvalue weighted by atomic mass is 35.5. The van der Waals surface area contributed by atoms with E-state index < -0.39 is 0 Å². The number of nitrogens with one attached hydrogen (secondary N) is 1. The molecular formula is C22H26ClN3O. The van der Waals surface area contributed by atoms with Crippen molar-refractivity contribution in [2.24, 2.45) is 0 Å². The van der Waals surface area contributed by atoms with Crippen LogP contribution in [0.3, 0.4) is 0 Å². The van der Waals surface area contributed by atoms with Gasteiger partial charge in [0, 0.05) is 23.8 Å². The van der Waals surface area contributed by atoms with Gasteiger partial charge in [-0.1, -0.05) is 42.5 Å². The molecule has 0 aliphatic heterocycles. The lowest BCUT2D eigenvalue weighted by Gasteiger charge is -2.24. The lowest BCUT2D eigenvalue weighted by atomic mass is 9.92. The molecule has 4 rings (SSSR count). The molecule has 0 saturated carbocycles. The van der Waals surface area contributed by atoms with Gasteiger partial charge in [-0.15, -0.1) is 12.4 Å². The SMILES string of the molecule is COc1ccc(CNC2CCCc3c2cnn3Cc2ccccc2)cc1.Cl. The maximum absolute atomic E-state index is 5.23. The molecule has 1 aliphatic carbocycles. The monoisotopic (exact) mass is 383 g/mol. The first-order valence-corrected chi connectivity index (χ1v) is 9.28. The largest absolute Gasteiger partial charge is 0.497 e. The van der Waals surface area contributed by atoms with Gasteiger partial charge >= 0.3 is 0 Å². The number of fused-ring (bicyclic) bond motifs is 1. The van der Waals surface area contributed by atoms with Gasteiger partial charge in [0.15, 0.2) is 0 Å². The Labute approximate surface area is 167 Å². The standard InChI is InChI=1S/C22H25N3O.ClH/c1-26-19-12-10-17(11-13-19)14-23-21-8-5-9-22-20(21)15-24-25(22)16-18-6-3-2-4-7-18;/h2-4,6-7,10-13,15,21,23H,5,8-9,14,16H2,1H3;1H. The molecule has 0 spiro atoms. The molecular weight excluding hydrogens is 358 g/mol. The Morgan fingerprint density at radius 2 is 1.85 bits per heavy atom. The highest BCUT2D eigenvalue weighted by molar-refractivity contribution is 5.85. The summed E-state index contributed by atoms with van der Waals surface area (Å²) in [6.07, 6.45) is 5.54. The Morgan fingerprint density at radius 3 is 2.59 bits per heavy atom. The summed E-state index contributed by atoms with van der Waals surface area (Å²) in [5, 5.41) is 8.40. The normalized spacial score (nSPS) is 15.7. The molecule has 142 valence electrons. The quantitative estimate of drug-likeness (QED) is 0.679. The fraction of sp³-hybridized carbons (Fsp3) is 0.318. The summed E-state index contributed by atoms with van der Waals surface area (Å²) in [7, 11) is 1.70. The Kier molecular flexibility index (Phi) is 6.54. The first-order chi connectivity index (χ1) is 12.8. The molecule has 3 aromatic rings. The van der Waals surface area contributed by atoms with E-state index in [0.29, 0.717) is 6.04 Å². The second-order valence-corrected chi connectivity index (χ2v) is 6.86. The van der Waals surface area contributed by atoms with E-state index in [1.54, 1.807) is 7.11 Å². The van der Waals surface area contributed by atoms with Crippen molar-refractivity contribution in [3.8, 4) is 5.75 Å². The number of methoxy groups -OCH3 is 1. The van der Waals surface area contributed by atoms with E-state index in [1.165, 1.54) is 35.2 Å². The summed E-state index contributed by atoms with van der Waals surface area (Å²) in [6, 6.07) is 19.2. The van der Waals surface area contributed by atoms with Crippen molar-refractivity contribution in [3.63, 3.8) is 0 Å². The molecule has 27 heavy (non-hydrogen) atoms. The van der Waals surface area contributed by atoms with Crippen LogP contribution in [0.15, 0.2) is 60.8 Å². The summed E-state index contributed by atoms with van der Waals surface area (Å²) >= 11 is 0. The summed E-state index contributed by atoms with van der Waals surface area (Å²) in [6.45, 7) is 1.71. The van der Waals surface area contributed by atoms with Crippen LogP contribution < -0.4 is 10.1 Å². The number of halogens is 1. The minimum absolute atomic E-state index is 0. The van der Waals surface area contributed by atoms with E-state index in [-0.39, 0.29) is 12.4 Å². The highest BCUT2D eigenvalue weighted by Crippen LogP contribution is 2.30. The van der Waals surface area contributed by atoms with Crippen LogP contribution in [0, 0.1) is 0 Å². The van der Waals surface area contributed by atoms with Gasteiger partial charge in [0.1, 0.15) is 5.75 Å². The van der Waals surface area contributed by atoms with Crippen molar-refractivity contribution in [1.29, 1.82) is 0 Å². The first-order valence-electron chi connectivity index (χ1n) is 9.28. The fourth-order valence-corrected chi connectivity index (χ4v) is 3.71. The van der Waals surface area contributed by atoms with Gasteiger partial charge in [-0.25, -0.2) is 0 Å². The third-order valence-corrected chi connectivity index (χ3v) is 5.15. The molecule has 1 aliphatic rings. The molecule has 5 heteroatoms. The summed E-state index contributed by atoms with van der Waals surface area (Å²) in [5.41, 5.74) is 5.31. The number of aromatic nitrogens is 2. The number of benzene rings is 2. The third-order valence-electron chi connectivity index (χ3n) is 5.15. The molecule has 0 amide bonds. The Hall–Kier alpha value is -2.30. The van der Waals surface area contributed by atoms with E-state index in [1.807, 2.05) is 12.1 Å². The van der Waals surface area contributed by atoms with Crippen LogP contribution in [0.5, 0.6) is 5.75 Å².